The summed E-state index contributed by atoms with van der Waals surface area (Å²) in [4.78, 5) is 5.49. The van der Waals surface area contributed by atoms with Crippen molar-refractivity contribution in [3.63, 3.8) is 0 Å². The monoisotopic (exact) mass is 224 g/mol. The topological polar surface area (TPSA) is 15.3 Å². The van der Waals surface area contributed by atoms with Gasteiger partial charge in [0, 0.05) is 28.9 Å². The van der Waals surface area contributed by atoms with Gasteiger partial charge < -0.3 is 5.32 Å². The molecule has 1 atom stereocenters. The quantitative estimate of drug-likeness (QED) is 0.847. The molecule has 1 N–H and O–H groups in total. The molecule has 15 heavy (non-hydrogen) atoms. The fourth-order valence-electron chi connectivity index (χ4n) is 2.23. The van der Waals surface area contributed by atoms with Crippen molar-refractivity contribution < 1.29 is 0 Å². The van der Waals surface area contributed by atoms with Crippen molar-refractivity contribution in [2.75, 3.05) is 20.1 Å². The van der Waals surface area contributed by atoms with Crippen LogP contribution in [-0.4, -0.2) is 31.1 Å². The fourth-order valence-corrected chi connectivity index (χ4v) is 3.16. The number of hydrogen-bond donors (Lipinski definition) is 1. The normalized spacial score (nSPS) is 23.2. The van der Waals surface area contributed by atoms with Crippen LogP contribution in [0.25, 0.3) is 0 Å². The lowest BCUT2D eigenvalue weighted by Crippen LogP contribution is -2.43. The van der Waals surface area contributed by atoms with Crippen LogP contribution < -0.4 is 5.32 Å². The molecule has 84 valence electrons. The second kappa shape index (κ2) is 5.10. The van der Waals surface area contributed by atoms with Gasteiger partial charge >= 0.3 is 0 Å². The summed E-state index contributed by atoms with van der Waals surface area (Å²) in [6.45, 7) is 5.78. The highest BCUT2D eigenvalue weighted by atomic mass is 32.1. The minimum absolute atomic E-state index is 0.694. The molecule has 0 radical (unpaired) electrons. The summed E-state index contributed by atoms with van der Waals surface area (Å²) in [5, 5.41) is 3.39. The van der Waals surface area contributed by atoms with E-state index < -0.39 is 0 Å². The molecule has 0 bridgehead atoms. The molecule has 1 aliphatic rings. The van der Waals surface area contributed by atoms with E-state index in [9.17, 15) is 0 Å². The van der Waals surface area contributed by atoms with Crippen LogP contribution in [0, 0.1) is 6.92 Å². The van der Waals surface area contributed by atoms with Crippen LogP contribution in [0.5, 0.6) is 0 Å². The Bertz CT molecular complexity index is 308. The van der Waals surface area contributed by atoms with Gasteiger partial charge in [-0.05, 0) is 45.5 Å². The molecule has 3 heteroatoms. The Hall–Kier alpha value is -0.380. The molecule has 2 rings (SSSR count). The third-order valence-electron chi connectivity index (χ3n) is 3.09. The zero-order valence-corrected chi connectivity index (χ0v) is 10.4. The first kappa shape index (κ1) is 11.1. The van der Waals surface area contributed by atoms with Crippen LogP contribution in [-0.2, 0) is 6.54 Å². The first-order valence-corrected chi connectivity index (χ1v) is 6.54. The molecule has 1 aromatic rings. The Balaban J connectivity index is 1.88. The van der Waals surface area contributed by atoms with Gasteiger partial charge in [0.2, 0.25) is 0 Å². The van der Waals surface area contributed by atoms with E-state index in [4.69, 9.17) is 0 Å². The molecule has 1 unspecified atom stereocenters. The van der Waals surface area contributed by atoms with Gasteiger partial charge in [0.25, 0.3) is 0 Å². The van der Waals surface area contributed by atoms with Gasteiger partial charge in [-0.25, -0.2) is 0 Å². The molecule has 1 fully saturated rings. The first-order chi connectivity index (χ1) is 7.28. The highest BCUT2D eigenvalue weighted by Crippen LogP contribution is 2.19. The standard InChI is InChI=1S/C12H20N2S/c1-10-5-6-12(15-10)9-14-7-3-4-11(8-14)13-2/h5-6,11,13H,3-4,7-9H2,1-2H3. The Morgan fingerprint density at radius 3 is 3.07 bits per heavy atom. The van der Waals surface area contributed by atoms with Gasteiger partial charge in [-0.1, -0.05) is 0 Å². The summed E-state index contributed by atoms with van der Waals surface area (Å²) in [6.07, 6.45) is 2.66. The van der Waals surface area contributed by atoms with E-state index in [0.717, 1.165) is 6.54 Å². The maximum atomic E-state index is 3.39. The van der Waals surface area contributed by atoms with E-state index in [1.807, 2.05) is 11.3 Å². The lowest BCUT2D eigenvalue weighted by atomic mass is 10.1. The van der Waals surface area contributed by atoms with Crippen molar-refractivity contribution in [3.8, 4) is 0 Å². The van der Waals surface area contributed by atoms with E-state index in [2.05, 4.69) is 36.3 Å². The molecule has 1 saturated heterocycles. The van der Waals surface area contributed by atoms with Crippen molar-refractivity contribution in [2.45, 2.75) is 32.4 Å². The molecule has 0 spiro atoms. The zero-order chi connectivity index (χ0) is 10.7. The highest BCUT2D eigenvalue weighted by molar-refractivity contribution is 7.11. The molecule has 0 aromatic carbocycles. The molecular weight excluding hydrogens is 204 g/mol. The van der Waals surface area contributed by atoms with Gasteiger partial charge in [0.15, 0.2) is 0 Å². The van der Waals surface area contributed by atoms with Crippen LogP contribution in [0.1, 0.15) is 22.6 Å². The Morgan fingerprint density at radius 1 is 1.53 bits per heavy atom. The second-order valence-electron chi connectivity index (χ2n) is 4.38. The summed E-state index contributed by atoms with van der Waals surface area (Å²) in [5.41, 5.74) is 0. The first-order valence-electron chi connectivity index (χ1n) is 5.73. The Labute approximate surface area is 96.3 Å². The number of likely N-dealkylation sites (N-methyl/N-ethyl adjacent to an activating group) is 1. The predicted molar refractivity (Wildman–Crippen MR) is 66.4 cm³/mol. The number of piperidine rings is 1. The summed E-state index contributed by atoms with van der Waals surface area (Å²) >= 11 is 1.93. The van der Waals surface area contributed by atoms with Crippen molar-refractivity contribution >= 4 is 11.3 Å². The van der Waals surface area contributed by atoms with Crippen molar-refractivity contribution in [1.29, 1.82) is 0 Å². The minimum Gasteiger partial charge on any atom is -0.316 e. The van der Waals surface area contributed by atoms with Gasteiger partial charge in [-0.3, -0.25) is 4.90 Å². The van der Waals surface area contributed by atoms with Crippen LogP contribution in [0.3, 0.4) is 0 Å². The SMILES string of the molecule is CNC1CCCN(Cc2ccc(C)s2)C1. The maximum Gasteiger partial charge on any atom is 0.0328 e. The number of thiophene rings is 1. The van der Waals surface area contributed by atoms with Gasteiger partial charge in [0.05, 0.1) is 0 Å². The van der Waals surface area contributed by atoms with Crippen molar-refractivity contribution in [3.05, 3.63) is 21.9 Å². The average molecular weight is 224 g/mol. The average Bonchev–Trinajstić information content (AvgIpc) is 2.64. The summed E-state index contributed by atoms with van der Waals surface area (Å²) in [7, 11) is 2.07. The van der Waals surface area contributed by atoms with Gasteiger partial charge in [-0.2, -0.15) is 0 Å². The van der Waals surface area contributed by atoms with E-state index in [1.165, 1.54) is 35.7 Å². The summed E-state index contributed by atoms with van der Waals surface area (Å²) in [5.74, 6) is 0. The smallest absolute Gasteiger partial charge is 0.0328 e. The number of hydrogen-bond acceptors (Lipinski definition) is 3. The molecule has 2 heterocycles. The van der Waals surface area contributed by atoms with Crippen molar-refractivity contribution in [2.24, 2.45) is 0 Å². The fraction of sp³-hybridized carbons (Fsp3) is 0.667. The molecule has 1 aromatic heterocycles. The Morgan fingerprint density at radius 2 is 2.40 bits per heavy atom. The van der Waals surface area contributed by atoms with Crippen LogP contribution in [0.2, 0.25) is 0 Å². The number of nitrogens with zero attached hydrogens (tertiary/aromatic N) is 1. The van der Waals surface area contributed by atoms with Crippen LogP contribution in [0.4, 0.5) is 0 Å². The Kier molecular flexibility index (Phi) is 3.78. The van der Waals surface area contributed by atoms with Crippen LogP contribution in [0.15, 0.2) is 12.1 Å². The summed E-state index contributed by atoms with van der Waals surface area (Å²) < 4.78 is 0. The number of aryl methyl sites for hydroxylation is 1. The zero-order valence-electron chi connectivity index (χ0n) is 9.62. The van der Waals surface area contributed by atoms with E-state index in [1.54, 1.807) is 0 Å². The van der Waals surface area contributed by atoms with Crippen molar-refractivity contribution in [1.82, 2.24) is 10.2 Å². The highest BCUT2D eigenvalue weighted by Gasteiger charge is 2.18. The van der Waals surface area contributed by atoms with E-state index in [0.29, 0.717) is 6.04 Å². The number of nitrogens with one attached hydrogen (secondary N) is 1. The second-order valence-corrected chi connectivity index (χ2v) is 5.75. The predicted octanol–water partition coefficient (Wildman–Crippen LogP) is 2.24. The van der Waals surface area contributed by atoms with E-state index >= 15 is 0 Å². The minimum atomic E-state index is 0.694. The molecule has 0 saturated carbocycles. The van der Waals surface area contributed by atoms with Crippen LogP contribution >= 0.6 is 11.3 Å². The van der Waals surface area contributed by atoms with E-state index in [-0.39, 0.29) is 0 Å². The largest absolute Gasteiger partial charge is 0.316 e. The lowest BCUT2D eigenvalue weighted by molar-refractivity contribution is 0.189. The molecule has 2 nitrogen and oxygen atoms in total. The molecule has 0 aliphatic carbocycles. The number of rotatable bonds is 3. The third-order valence-corrected chi connectivity index (χ3v) is 4.07. The molecule has 0 amide bonds. The maximum absolute atomic E-state index is 3.39. The lowest BCUT2D eigenvalue weighted by Gasteiger charge is -2.32. The number of likely N-dealkylation sites (tertiary alicyclic amines) is 1. The van der Waals surface area contributed by atoms with Gasteiger partial charge in [0.1, 0.15) is 0 Å². The molecular formula is C12H20N2S. The molecule has 1 aliphatic heterocycles. The third kappa shape index (κ3) is 3.03. The summed E-state index contributed by atoms with van der Waals surface area (Å²) in [6, 6.07) is 5.18. The van der Waals surface area contributed by atoms with Gasteiger partial charge in [-0.15, -0.1) is 11.3 Å².